The summed E-state index contributed by atoms with van der Waals surface area (Å²) in [4.78, 5) is 11.2. The molecular weight excluding hydrogens is 263 g/mol. The lowest BCUT2D eigenvalue weighted by molar-refractivity contribution is 0.0594. The van der Waals surface area contributed by atoms with Gasteiger partial charge in [0.25, 0.3) is 0 Å². The van der Waals surface area contributed by atoms with Gasteiger partial charge in [-0.3, -0.25) is 5.10 Å². The number of aromatic nitrogens is 2. The van der Waals surface area contributed by atoms with Crippen LogP contribution in [0, 0.1) is 0 Å². The number of nitrogens with one attached hydrogen (secondary N) is 1. The standard InChI is InChI=1S/C11H8Cl2N2O2/c1-17-11(16)10-5-9(14-15-10)6-2-7(12)4-8(13)3-6/h2-5H,1H3,(H,14,15). The normalized spacial score (nSPS) is 10.3. The number of aromatic amines is 1. The lowest BCUT2D eigenvalue weighted by Crippen LogP contribution is -2.00. The molecule has 2 aromatic rings. The zero-order valence-electron chi connectivity index (χ0n) is 8.83. The van der Waals surface area contributed by atoms with Gasteiger partial charge in [0, 0.05) is 15.6 Å². The first-order chi connectivity index (χ1) is 8.10. The molecule has 1 heterocycles. The number of nitrogens with zero attached hydrogens (tertiary/aromatic N) is 1. The summed E-state index contributed by atoms with van der Waals surface area (Å²) in [5, 5.41) is 7.60. The van der Waals surface area contributed by atoms with E-state index >= 15 is 0 Å². The van der Waals surface area contributed by atoms with Gasteiger partial charge >= 0.3 is 5.97 Å². The minimum atomic E-state index is -0.475. The van der Waals surface area contributed by atoms with Crippen LogP contribution in [0.25, 0.3) is 11.3 Å². The van der Waals surface area contributed by atoms with Crippen molar-refractivity contribution in [1.82, 2.24) is 10.2 Å². The van der Waals surface area contributed by atoms with E-state index in [0.29, 0.717) is 15.7 Å². The van der Waals surface area contributed by atoms with Crippen LogP contribution in [-0.4, -0.2) is 23.3 Å². The number of methoxy groups -OCH3 is 1. The van der Waals surface area contributed by atoms with Crippen LogP contribution in [0.5, 0.6) is 0 Å². The Kier molecular flexibility index (Phi) is 3.36. The zero-order chi connectivity index (χ0) is 12.4. The number of carbonyl (C=O) groups excluding carboxylic acids is 1. The van der Waals surface area contributed by atoms with Gasteiger partial charge < -0.3 is 4.74 Å². The molecule has 0 atom stereocenters. The molecule has 1 N–H and O–H groups in total. The minimum Gasteiger partial charge on any atom is -0.464 e. The number of esters is 1. The van der Waals surface area contributed by atoms with Crippen LogP contribution in [0.15, 0.2) is 24.3 Å². The molecule has 2 rings (SSSR count). The lowest BCUT2D eigenvalue weighted by Gasteiger charge is -1.98. The number of halogens is 2. The molecule has 0 aliphatic heterocycles. The van der Waals surface area contributed by atoms with E-state index in [1.54, 1.807) is 24.3 Å². The lowest BCUT2D eigenvalue weighted by atomic mass is 10.1. The fourth-order valence-corrected chi connectivity index (χ4v) is 1.91. The van der Waals surface area contributed by atoms with Crippen LogP contribution in [0.1, 0.15) is 10.5 Å². The fourth-order valence-electron chi connectivity index (χ4n) is 1.39. The first-order valence-corrected chi connectivity index (χ1v) is 5.46. The Morgan fingerprint density at radius 2 is 1.88 bits per heavy atom. The molecule has 0 saturated heterocycles. The number of benzene rings is 1. The zero-order valence-corrected chi connectivity index (χ0v) is 10.3. The molecule has 1 aromatic carbocycles. The summed E-state index contributed by atoms with van der Waals surface area (Å²) >= 11 is 11.8. The van der Waals surface area contributed by atoms with E-state index in [1.807, 2.05) is 0 Å². The third-order valence-corrected chi connectivity index (χ3v) is 2.58. The molecule has 88 valence electrons. The topological polar surface area (TPSA) is 55.0 Å². The quantitative estimate of drug-likeness (QED) is 0.853. The van der Waals surface area contributed by atoms with Crippen molar-refractivity contribution in [3.05, 3.63) is 40.0 Å². The summed E-state index contributed by atoms with van der Waals surface area (Å²) in [5.41, 5.74) is 1.59. The first-order valence-electron chi connectivity index (χ1n) is 4.70. The van der Waals surface area contributed by atoms with Crippen molar-refractivity contribution >= 4 is 29.2 Å². The molecule has 17 heavy (non-hydrogen) atoms. The highest BCUT2D eigenvalue weighted by Crippen LogP contribution is 2.26. The number of hydrogen-bond donors (Lipinski definition) is 1. The monoisotopic (exact) mass is 270 g/mol. The Bertz CT molecular complexity index is 546. The third kappa shape index (κ3) is 2.60. The van der Waals surface area contributed by atoms with Gasteiger partial charge in [0.2, 0.25) is 0 Å². The Labute approximate surface area is 107 Å². The molecule has 0 spiro atoms. The van der Waals surface area contributed by atoms with Crippen LogP contribution in [0.3, 0.4) is 0 Å². The van der Waals surface area contributed by atoms with Crippen molar-refractivity contribution in [3.63, 3.8) is 0 Å². The minimum absolute atomic E-state index is 0.276. The number of rotatable bonds is 2. The van der Waals surface area contributed by atoms with Gasteiger partial charge in [0.05, 0.1) is 12.8 Å². The highest BCUT2D eigenvalue weighted by Gasteiger charge is 2.11. The van der Waals surface area contributed by atoms with Crippen LogP contribution in [0.4, 0.5) is 0 Å². The van der Waals surface area contributed by atoms with Gasteiger partial charge in [-0.2, -0.15) is 5.10 Å². The number of ether oxygens (including phenoxy) is 1. The third-order valence-electron chi connectivity index (χ3n) is 2.14. The number of H-pyrrole nitrogens is 1. The number of carbonyl (C=O) groups is 1. The van der Waals surface area contributed by atoms with E-state index < -0.39 is 5.97 Å². The molecule has 0 amide bonds. The van der Waals surface area contributed by atoms with Crippen molar-refractivity contribution in [2.75, 3.05) is 7.11 Å². The Balaban J connectivity index is 2.40. The molecule has 4 nitrogen and oxygen atoms in total. The van der Waals surface area contributed by atoms with Gasteiger partial charge in [0.15, 0.2) is 0 Å². The summed E-state index contributed by atoms with van der Waals surface area (Å²) < 4.78 is 4.57. The average Bonchev–Trinajstić information content (AvgIpc) is 2.76. The first kappa shape index (κ1) is 12.0. The SMILES string of the molecule is COC(=O)c1cc(-c2cc(Cl)cc(Cl)c2)n[nH]1. The van der Waals surface area contributed by atoms with Crippen molar-refractivity contribution in [2.24, 2.45) is 0 Å². The summed E-state index contributed by atoms with van der Waals surface area (Å²) in [5.74, 6) is -0.475. The Morgan fingerprint density at radius 1 is 1.24 bits per heavy atom. The highest BCUT2D eigenvalue weighted by molar-refractivity contribution is 6.35. The highest BCUT2D eigenvalue weighted by atomic mass is 35.5. The van der Waals surface area contributed by atoms with E-state index in [2.05, 4.69) is 14.9 Å². The summed E-state index contributed by atoms with van der Waals surface area (Å²) in [6, 6.07) is 6.63. The number of hydrogen-bond acceptors (Lipinski definition) is 3. The summed E-state index contributed by atoms with van der Waals surface area (Å²) in [7, 11) is 1.30. The second-order valence-electron chi connectivity index (χ2n) is 3.32. The smallest absolute Gasteiger partial charge is 0.356 e. The molecule has 0 fully saturated rings. The summed E-state index contributed by atoms with van der Waals surface area (Å²) in [6.45, 7) is 0. The van der Waals surface area contributed by atoms with Crippen molar-refractivity contribution in [3.8, 4) is 11.3 Å². The fraction of sp³-hybridized carbons (Fsp3) is 0.0909. The van der Waals surface area contributed by atoms with E-state index in [4.69, 9.17) is 23.2 Å². The molecule has 6 heteroatoms. The van der Waals surface area contributed by atoms with Crippen LogP contribution >= 0.6 is 23.2 Å². The molecule has 1 aromatic heterocycles. The van der Waals surface area contributed by atoms with Gasteiger partial charge in [-0.25, -0.2) is 4.79 Å². The molecule has 0 saturated carbocycles. The Morgan fingerprint density at radius 3 is 2.47 bits per heavy atom. The molecule has 0 bridgehead atoms. The predicted octanol–water partition coefficient (Wildman–Crippen LogP) is 3.17. The molecule has 0 aliphatic carbocycles. The molecule has 0 unspecified atom stereocenters. The van der Waals surface area contributed by atoms with Gasteiger partial charge in [-0.1, -0.05) is 23.2 Å². The second-order valence-corrected chi connectivity index (χ2v) is 4.19. The Hall–Kier alpha value is -1.52. The maximum absolute atomic E-state index is 11.2. The van der Waals surface area contributed by atoms with E-state index in [0.717, 1.165) is 5.56 Å². The molecular formula is C11H8Cl2N2O2. The maximum atomic E-state index is 11.2. The molecule has 0 aliphatic rings. The van der Waals surface area contributed by atoms with Crippen molar-refractivity contribution < 1.29 is 9.53 Å². The van der Waals surface area contributed by atoms with Gasteiger partial charge in [0.1, 0.15) is 5.69 Å². The average molecular weight is 271 g/mol. The summed E-state index contributed by atoms with van der Waals surface area (Å²) in [6.07, 6.45) is 0. The second kappa shape index (κ2) is 4.77. The van der Waals surface area contributed by atoms with Crippen LogP contribution < -0.4 is 0 Å². The van der Waals surface area contributed by atoms with E-state index in [1.165, 1.54) is 7.11 Å². The largest absolute Gasteiger partial charge is 0.464 e. The van der Waals surface area contributed by atoms with Crippen LogP contribution in [-0.2, 0) is 4.74 Å². The van der Waals surface area contributed by atoms with Gasteiger partial charge in [-0.15, -0.1) is 0 Å². The molecule has 0 radical (unpaired) electrons. The van der Waals surface area contributed by atoms with Crippen molar-refractivity contribution in [1.29, 1.82) is 0 Å². The maximum Gasteiger partial charge on any atom is 0.356 e. The predicted molar refractivity (Wildman–Crippen MR) is 65.4 cm³/mol. The van der Waals surface area contributed by atoms with E-state index in [-0.39, 0.29) is 5.69 Å². The van der Waals surface area contributed by atoms with Crippen LogP contribution in [0.2, 0.25) is 10.0 Å². The van der Waals surface area contributed by atoms with E-state index in [9.17, 15) is 4.79 Å². The van der Waals surface area contributed by atoms with Gasteiger partial charge in [-0.05, 0) is 24.3 Å². The van der Waals surface area contributed by atoms with Crippen molar-refractivity contribution in [2.45, 2.75) is 0 Å².